The van der Waals surface area contributed by atoms with Gasteiger partial charge in [-0.25, -0.2) is 0 Å². The van der Waals surface area contributed by atoms with Crippen molar-refractivity contribution in [2.75, 3.05) is 33.0 Å². The molecule has 0 bridgehead atoms. The van der Waals surface area contributed by atoms with Gasteiger partial charge in [-0.1, -0.05) is 6.42 Å². The highest BCUT2D eigenvalue weighted by Crippen LogP contribution is 2.32. The molecular weight excluding hydrogens is 256 g/mol. The molecule has 2 aliphatic heterocycles. The lowest BCUT2D eigenvalue weighted by molar-refractivity contribution is 0.0946. The Bertz CT molecular complexity index is 484. The molecule has 1 saturated heterocycles. The molecule has 0 aliphatic carbocycles. The number of benzene rings is 1. The van der Waals surface area contributed by atoms with Gasteiger partial charge in [0.2, 0.25) is 6.79 Å². The van der Waals surface area contributed by atoms with Gasteiger partial charge in [0.25, 0.3) is 5.91 Å². The summed E-state index contributed by atoms with van der Waals surface area (Å²) in [7, 11) is 0. The second kappa shape index (κ2) is 6.13. The van der Waals surface area contributed by atoms with E-state index in [0.29, 0.717) is 23.6 Å². The van der Waals surface area contributed by atoms with E-state index in [1.807, 2.05) is 0 Å². The lowest BCUT2D eigenvalue weighted by Gasteiger charge is -2.26. The smallest absolute Gasteiger partial charge is 0.251 e. The van der Waals surface area contributed by atoms with Crippen LogP contribution in [-0.2, 0) is 0 Å². The molecule has 0 aromatic heterocycles. The Hall–Kier alpha value is -1.75. The highest BCUT2D eigenvalue weighted by molar-refractivity contribution is 5.94. The molecule has 0 saturated carbocycles. The van der Waals surface area contributed by atoms with E-state index in [4.69, 9.17) is 9.47 Å². The number of hydrogen-bond donors (Lipinski definition) is 1. The van der Waals surface area contributed by atoms with Gasteiger partial charge in [-0.2, -0.15) is 0 Å². The predicted molar refractivity (Wildman–Crippen MR) is 75.2 cm³/mol. The molecule has 0 unspecified atom stereocenters. The lowest BCUT2D eigenvalue weighted by atomic mass is 10.1. The SMILES string of the molecule is O=C(NCCN1CCCCC1)c1ccc2c(c1)OCO2. The summed E-state index contributed by atoms with van der Waals surface area (Å²) >= 11 is 0. The number of likely N-dealkylation sites (tertiary alicyclic amines) is 1. The number of nitrogens with one attached hydrogen (secondary N) is 1. The predicted octanol–water partition coefficient (Wildman–Crippen LogP) is 1.63. The van der Waals surface area contributed by atoms with Crippen molar-refractivity contribution in [2.24, 2.45) is 0 Å². The third-order valence-electron chi connectivity index (χ3n) is 3.80. The van der Waals surface area contributed by atoms with Crippen LogP contribution in [0.4, 0.5) is 0 Å². The van der Waals surface area contributed by atoms with Crippen LogP contribution in [0.25, 0.3) is 0 Å². The lowest BCUT2D eigenvalue weighted by Crippen LogP contribution is -2.37. The molecule has 2 aliphatic rings. The fourth-order valence-corrected chi connectivity index (χ4v) is 2.65. The van der Waals surface area contributed by atoms with E-state index in [-0.39, 0.29) is 12.7 Å². The van der Waals surface area contributed by atoms with Crippen LogP contribution in [0.3, 0.4) is 0 Å². The Morgan fingerprint density at radius 2 is 1.95 bits per heavy atom. The zero-order valence-corrected chi connectivity index (χ0v) is 11.6. The molecule has 0 spiro atoms. The molecule has 5 heteroatoms. The van der Waals surface area contributed by atoms with Crippen LogP contribution in [0.2, 0.25) is 0 Å². The minimum Gasteiger partial charge on any atom is -0.454 e. The van der Waals surface area contributed by atoms with Crippen molar-refractivity contribution >= 4 is 5.91 Å². The Morgan fingerprint density at radius 3 is 2.80 bits per heavy atom. The number of fused-ring (bicyclic) bond motifs is 1. The summed E-state index contributed by atoms with van der Waals surface area (Å²) in [5, 5.41) is 2.96. The maximum atomic E-state index is 12.1. The first kappa shape index (κ1) is 13.2. The number of carbonyl (C=O) groups excluding carboxylic acids is 1. The van der Waals surface area contributed by atoms with Crippen LogP contribution < -0.4 is 14.8 Å². The minimum atomic E-state index is -0.0553. The Kier molecular flexibility index (Phi) is 4.06. The van der Waals surface area contributed by atoms with Gasteiger partial charge in [-0.15, -0.1) is 0 Å². The van der Waals surface area contributed by atoms with Crippen molar-refractivity contribution < 1.29 is 14.3 Å². The largest absolute Gasteiger partial charge is 0.454 e. The second-order valence-electron chi connectivity index (χ2n) is 5.23. The molecule has 1 amide bonds. The first-order chi connectivity index (χ1) is 9.83. The third kappa shape index (κ3) is 3.04. The van der Waals surface area contributed by atoms with Gasteiger partial charge in [0.05, 0.1) is 0 Å². The molecule has 0 atom stereocenters. The summed E-state index contributed by atoms with van der Waals surface area (Å²) in [6.45, 7) is 4.15. The molecule has 1 aromatic rings. The van der Waals surface area contributed by atoms with Crippen molar-refractivity contribution in [3.63, 3.8) is 0 Å². The van der Waals surface area contributed by atoms with Crippen LogP contribution >= 0.6 is 0 Å². The van der Waals surface area contributed by atoms with E-state index in [1.165, 1.54) is 19.3 Å². The summed E-state index contributed by atoms with van der Waals surface area (Å²) in [6.07, 6.45) is 3.88. The molecule has 3 rings (SSSR count). The van der Waals surface area contributed by atoms with Gasteiger partial charge in [0, 0.05) is 18.7 Å². The molecule has 1 aromatic carbocycles. The maximum absolute atomic E-state index is 12.1. The van der Waals surface area contributed by atoms with Gasteiger partial charge in [0.1, 0.15) is 0 Å². The van der Waals surface area contributed by atoms with E-state index >= 15 is 0 Å². The fraction of sp³-hybridized carbons (Fsp3) is 0.533. The number of rotatable bonds is 4. The summed E-state index contributed by atoms with van der Waals surface area (Å²) in [6, 6.07) is 5.28. The average molecular weight is 276 g/mol. The van der Waals surface area contributed by atoms with Crippen molar-refractivity contribution in [2.45, 2.75) is 19.3 Å². The summed E-state index contributed by atoms with van der Waals surface area (Å²) in [5.41, 5.74) is 0.618. The van der Waals surface area contributed by atoms with Crippen LogP contribution in [0.15, 0.2) is 18.2 Å². The zero-order valence-electron chi connectivity index (χ0n) is 11.6. The summed E-state index contributed by atoms with van der Waals surface area (Å²) in [5.74, 6) is 1.30. The van der Waals surface area contributed by atoms with Gasteiger partial charge >= 0.3 is 0 Å². The van der Waals surface area contributed by atoms with Gasteiger partial charge in [-0.3, -0.25) is 4.79 Å². The minimum absolute atomic E-state index is 0.0553. The highest BCUT2D eigenvalue weighted by Gasteiger charge is 2.16. The van der Waals surface area contributed by atoms with Crippen LogP contribution in [-0.4, -0.2) is 43.8 Å². The van der Waals surface area contributed by atoms with E-state index in [9.17, 15) is 4.79 Å². The normalized spacial score (nSPS) is 18.0. The van der Waals surface area contributed by atoms with Crippen molar-refractivity contribution in [1.82, 2.24) is 10.2 Å². The fourth-order valence-electron chi connectivity index (χ4n) is 2.65. The summed E-state index contributed by atoms with van der Waals surface area (Å²) in [4.78, 5) is 14.5. The molecule has 1 N–H and O–H groups in total. The van der Waals surface area contributed by atoms with Crippen LogP contribution in [0, 0.1) is 0 Å². The van der Waals surface area contributed by atoms with Crippen molar-refractivity contribution in [1.29, 1.82) is 0 Å². The second-order valence-corrected chi connectivity index (χ2v) is 5.23. The number of nitrogens with zero attached hydrogens (tertiary/aromatic N) is 1. The summed E-state index contributed by atoms with van der Waals surface area (Å²) < 4.78 is 10.5. The van der Waals surface area contributed by atoms with Gasteiger partial charge in [-0.05, 0) is 44.1 Å². The number of amides is 1. The van der Waals surface area contributed by atoms with Gasteiger partial charge in [0.15, 0.2) is 11.5 Å². The first-order valence-electron chi connectivity index (χ1n) is 7.23. The van der Waals surface area contributed by atoms with Crippen molar-refractivity contribution in [3.8, 4) is 11.5 Å². The zero-order chi connectivity index (χ0) is 13.8. The Balaban J connectivity index is 1.49. The molecule has 2 heterocycles. The Morgan fingerprint density at radius 1 is 1.15 bits per heavy atom. The quantitative estimate of drug-likeness (QED) is 0.908. The van der Waals surface area contributed by atoms with Crippen molar-refractivity contribution in [3.05, 3.63) is 23.8 Å². The first-order valence-corrected chi connectivity index (χ1v) is 7.23. The highest BCUT2D eigenvalue weighted by atomic mass is 16.7. The molecule has 5 nitrogen and oxygen atoms in total. The van der Waals surface area contributed by atoms with Gasteiger partial charge < -0.3 is 19.7 Å². The monoisotopic (exact) mass is 276 g/mol. The third-order valence-corrected chi connectivity index (χ3v) is 3.80. The number of piperidine rings is 1. The van der Waals surface area contributed by atoms with E-state index in [1.54, 1.807) is 18.2 Å². The van der Waals surface area contributed by atoms with E-state index in [2.05, 4.69) is 10.2 Å². The topological polar surface area (TPSA) is 50.8 Å². The Labute approximate surface area is 118 Å². The van der Waals surface area contributed by atoms with E-state index in [0.717, 1.165) is 19.6 Å². The molecule has 20 heavy (non-hydrogen) atoms. The number of ether oxygens (including phenoxy) is 2. The van der Waals surface area contributed by atoms with Crippen LogP contribution in [0.5, 0.6) is 11.5 Å². The molecule has 108 valence electrons. The number of hydrogen-bond acceptors (Lipinski definition) is 4. The molecule has 1 fully saturated rings. The molecule has 0 radical (unpaired) electrons. The standard InChI is InChI=1S/C15H20N2O3/c18-15(16-6-9-17-7-2-1-3-8-17)12-4-5-13-14(10-12)20-11-19-13/h4-5,10H,1-3,6-9,11H2,(H,16,18). The average Bonchev–Trinajstić information content (AvgIpc) is 2.95. The maximum Gasteiger partial charge on any atom is 0.251 e. The van der Waals surface area contributed by atoms with E-state index < -0.39 is 0 Å². The molecular formula is C15H20N2O3. The number of carbonyl (C=O) groups is 1. The van der Waals surface area contributed by atoms with Crippen LogP contribution in [0.1, 0.15) is 29.6 Å².